The standard InChI is InChI=1S/C10H17/c1-5-10(4)8-6-7-9(2)3/h9-10H,2,5,8H2,1,3-4H3. The number of hydrogen-bond acceptors (Lipinski definition) is 0. The predicted octanol–water partition coefficient (Wildman–Crippen LogP) is 2.90. The van der Waals surface area contributed by atoms with E-state index < -0.39 is 0 Å². The summed E-state index contributed by atoms with van der Waals surface area (Å²) in [5, 5.41) is 0. The summed E-state index contributed by atoms with van der Waals surface area (Å²) in [5.41, 5.74) is 0. The van der Waals surface area contributed by atoms with Gasteiger partial charge in [-0.3, -0.25) is 0 Å². The van der Waals surface area contributed by atoms with E-state index in [1.165, 1.54) is 6.42 Å². The van der Waals surface area contributed by atoms with E-state index in [9.17, 15) is 0 Å². The van der Waals surface area contributed by atoms with Crippen LogP contribution in [0.25, 0.3) is 0 Å². The highest BCUT2D eigenvalue weighted by atomic mass is 14.0. The summed E-state index contributed by atoms with van der Waals surface area (Å²) in [5.74, 6) is 7.20. The highest BCUT2D eigenvalue weighted by Crippen LogP contribution is 2.04. The summed E-state index contributed by atoms with van der Waals surface area (Å²) in [7, 11) is 0. The van der Waals surface area contributed by atoms with Crippen molar-refractivity contribution in [2.24, 2.45) is 11.8 Å². The van der Waals surface area contributed by atoms with E-state index in [-0.39, 0.29) is 5.92 Å². The zero-order valence-corrected chi connectivity index (χ0v) is 7.28. The molecule has 0 nitrogen and oxygen atoms in total. The molecule has 2 atom stereocenters. The molecule has 0 heterocycles. The summed E-state index contributed by atoms with van der Waals surface area (Å²) in [6.07, 6.45) is 2.25. The van der Waals surface area contributed by atoms with E-state index in [2.05, 4.69) is 32.6 Å². The largest absolute Gasteiger partial charge is 0.103 e. The summed E-state index contributed by atoms with van der Waals surface area (Å²) in [4.78, 5) is 0. The zero-order chi connectivity index (χ0) is 7.98. The van der Waals surface area contributed by atoms with Crippen LogP contribution in [0.1, 0.15) is 33.6 Å². The molecule has 0 aromatic heterocycles. The van der Waals surface area contributed by atoms with Gasteiger partial charge in [-0.2, -0.15) is 0 Å². The highest BCUT2D eigenvalue weighted by Gasteiger charge is 1.92. The van der Waals surface area contributed by atoms with Crippen molar-refractivity contribution < 1.29 is 0 Å². The fraction of sp³-hybridized carbons (Fsp3) is 0.700. The molecular weight excluding hydrogens is 120 g/mol. The maximum Gasteiger partial charge on any atom is 0.0175 e. The molecule has 57 valence electrons. The van der Waals surface area contributed by atoms with Crippen LogP contribution in [0.15, 0.2) is 0 Å². The number of hydrogen-bond donors (Lipinski definition) is 0. The smallest absolute Gasteiger partial charge is 0.0175 e. The Bertz CT molecular complexity index is 123. The van der Waals surface area contributed by atoms with E-state index in [1.54, 1.807) is 0 Å². The van der Waals surface area contributed by atoms with Crippen molar-refractivity contribution in [3.05, 3.63) is 6.92 Å². The predicted molar refractivity (Wildman–Crippen MR) is 46.4 cm³/mol. The van der Waals surface area contributed by atoms with E-state index in [1.807, 2.05) is 6.92 Å². The monoisotopic (exact) mass is 137 g/mol. The maximum atomic E-state index is 3.79. The van der Waals surface area contributed by atoms with E-state index >= 15 is 0 Å². The minimum atomic E-state index is 0.282. The average Bonchev–Trinajstić information content (AvgIpc) is 1.87. The molecule has 0 heteroatoms. The Morgan fingerprint density at radius 2 is 2.00 bits per heavy atom. The Labute approximate surface area is 65.0 Å². The Hall–Kier alpha value is -0.440. The van der Waals surface area contributed by atoms with Gasteiger partial charge in [0.1, 0.15) is 0 Å². The van der Waals surface area contributed by atoms with Gasteiger partial charge in [-0.1, -0.05) is 27.2 Å². The second-order valence-electron chi connectivity index (χ2n) is 2.94. The van der Waals surface area contributed by atoms with Crippen LogP contribution in [0.2, 0.25) is 0 Å². The van der Waals surface area contributed by atoms with E-state index in [0.29, 0.717) is 0 Å². The highest BCUT2D eigenvalue weighted by molar-refractivity contribution is 5.03. The molecule has 0 saturated heterocycles. The van der Waals surface area contributed by atoms with Gasteiger partial charge >= 0.3 is 0 Å². The molecule has 0 bridgehead atoms. The SMILES string of the molecule is [CH2]C(C)C#CCC(C)CC. The van der Waals surface area contributed by atoms with Crippen LogP contribution in [0, 0.1) is 30.6 Å². The lowest BCUT2D eigenvalue weighted by Gasteiger charge is -1.99. The van der Waals surface area contributed by atoms with Crippen molar-refractivity contribution in [1.82, 2.24) is 0 Å². The third kappa shape index (κ3) is 5.69. The third-order valence-electron chi connectivity index (χ3n) is 1.50. The van der Waals surface area contributed by atoms with Crippen LogP contribution >= 0.6 is 0 Å². The second kappa shape index (κ2) is 5.35. The van der Waals surface area contributed by atoms with Gasteiger partial charge in [0.25, 0.3) is 0 Å². The number of rotatable bonds is 2. The van der Waals surface area contributed by atoms with Crippen LogP contribution in [0.5, 0.6) is 0 Å². The fourth-order valence-corrected chi connectivity index (χ4v) is 0.552. The van der Waals surface area contributed by atoms with E-state index in [4.69, 9.17) is 0 Å². The van der Waals surface area contributed by atoms with Gasteiger partial charge < -0.3 is 0 Å². The lowest BCUT2D eigenvalue weighted by Crippen LogP contribution is -1.89. The fourth-order valence-electron chi connectivity index (χ4n) is 0.552. The molecule has 2 unspecified atom stereocenters. The van der Waals surface area contributed by atoms with Crippen LogP contribution in [0.3, 0.4) is 0 Å². The lowest BCUT2D eigenvalue weighted by molar-refractivity contribution is 0.580. The first-order valence-corrected chi connectivity index (χ1v) is 3.98. The van der Waals surface area contributed by atoms with Gasteiger partial charge in [-0.05, 0) is 12.8 Å². The normalized spacial score (nSPS) is 12.5. The summed E-state index contributed by atoms with van der Waals surface area (Å²) >= 11 is 0. The molecule has 1 radical (unpaired) electrons. The summed E-state index contributed by atoms with van der Waals surface area (Å²) in [6, 6.07) is 0. The molecular formula is C10H17. The molecule has 0 amide bonds. The second-order valence-corrected chi connectivity index (χ2v) is 2.94. The van der Waals surface area contributed by atoms with Crippen LogP contribution < -0.4 is 0 Å². The topological polar surface area (TPSA) is 0 Å². The van der Waals surface area contributed by atoms with Gasteiger partial charge in [0.15, 0.2) is 0 Å². The van der Waals surface area contributed by atoms with Gasteiger partial charge in [0.05, 0.1) is 0 Å². The molecule has 0 rings (SSSR count). The van der Waals surface area contributed by atoms with Crippen molar-refractivity contribution in [1.29, 1.82) is 0 Å². The molecule has 10 heavy (non-hydrogen) atoms. The van der Waals surface area contributed by atoms with Crippen molar-refractivity contribution in [3.63, 3.8) is 0 Å². The van der Waals surface area contributed by atoms with Crippen LogP contribution in [-0.4, -0.2) is 0 Å². The quantitative estimate of drug-likeness (QED) is 0.513. The minimum Gasteiger partial charge on any atom is -0.103 e. The van der Waals surface area contributed by atoms with Gasteiger partial charge in [-0.25, -0.2) is 0 Å². The van der Waals surface area contributed by atoms with Gasteiger partial charge in [-0.15, -0.1) is 11.8 Å². The Balaban J connectivity index is 3.45. The summed E-state index contributed by atoms with van der Waals surface area (Å²) in [6.45, 7) is 10.2. The van der Waals surface area contributed by atoms with Crippen molar-refractivity contribution in [2.75, 3.05) is 0 Å². The molecule has 0 saturated carbocycles. The van der Waals surface area contributed by atoms with Crippen molar-refractivity contribution in [3.8, 4) is 11.8 Å². The molecule has 0 aromatic rings. The van der Waals surface area contributed by atoms with Crippen molar-refractivity contribution in [2.45, 2.75) is 33.6 Å². The molecule has 0 aliphatic rings. The van der Waals surface area contributed by atoms with Gasteiger partial charge in [0, 0.05) is 12.3 Å². The average molecular weight is 137 g/mol. The molecule has 0 spiro atoms. The first-order chi connectivity index (χ1) is 4.66. The molecule has 0 fully saturated rings. The zero-order valence-electron chi connectivity index (χ0n) is 7.28. The van der Waals surface area contributed by atoms with Gasteiger partial charge in [0.2, 0.25) is 0 Å². The molecule has 0 N–H and O–H groups in total. The Morgan fingerprint density at radius 1 is 1.40 bits per heavy atom. The van der Waals surface area contributed by atoms with E-state index in [0.717, 1.165) is 12.3 Å². The minimum absolute atomic E-state index is 0.282. The first kappa shape index (κ1) is 9.56. The van der Waals surface area contributed by atoms with Crippen LogP contribution in [-0.2, 0) is 0 Å². The molecule has 0 aliphatic carbocycles. The third-order valence-corrected chi connectivity index (χ3v) is 1.50. The lowest BCUT2D eigenvalue weighted by atomic mass is 10.1. The van der Waals surface area contributed by atoms with Crippen molar-refractivity contribution >= 4 is 0 Å². The Morgan fingerprint density at radius 3 is 2.40 bits per heavy atom. The molecule has 0 aliphatic heterocycles. The Kier molecular flexibility index (Phi) is 5.12. The first-order valence-electron chi connectivity index (χ1n) is 3.98. The van der Waals surface area contributed by atoms with Crippen LogP contribution in [0.4, 0.5) is 0 Å². The maximum absolute atomic E-state index is 3.79. The molecule has 0 aromatic carbocycles. The summed E-state index contributed by atoms with van der Waals surface area (Å²) < 4.78 is 0.